The second-order valence-electron chi connectivity index (χ2n) is 6.82. The largest absolute Gasteiger partial charge is 0.462 e. The number of halogens is 2. The summed E-state index contributed by atoms with van der Waals surface area (Å²) in [6.45, 7) is 3.40. The maximum Gasteiger partial charge on any atom is 0.341 e. The molecule has 2 N–H and O–H groups in total. The molecule has 33 heavy (non-hydrogen) atoms. The zero-order valence-electron chi connectivity index (χ0n) is 17.8. The number of esters is 1. The van der Waals surface area contributed by atoms with Gasteiger partial charge in [-0.15, -0.1) is 11.3 Å². The molecule has 2 aromatic carbocycles. The summed E-state index contributed by atoms with van der Waals surface area (Å²) in [4.78, 5) is 38.1. The van der Waals surface area contributed by atoms with Crippen LogP contribution in [-0.2, 0) is 9.53 Å². The third-order valence-electron chi connectivity index (χ3n) is 4.45. The highest BCUT2D eigenvalue weighted by Crippen LogP contribution is 2.34. The van der Waals surface area contributed by atoms with Crippen LogP contribution in [0.2, 0.25) is 5.02 Å². The molecule has 1 aromatic heterocycles. The van der Waals surface area contributed by atoms with Crippen molar-refractivity contribution in [1.82, 2.24) is 0 Å². The first-order chi connectivity index (χ1) is 15.8. The third kappa shape index (κ3) is 6.27. The topological polar surface area (TPSA) is 84.5 Å². The molecule has 0 aliphatic carbocycles. The van der Waals surface area contributed by atoms with Gasteiger partial charge in [0.05, 0.1) is 17.0 Å². The van der Waals surface area contributed by atoms with E-state index in [1.54, 1.807) is 44.2 Å². The van der Waals surface area contributed by atoms with Crippen molar-refractivity contribution in [2.75, 3.05) is 17.2 Å². The molecule has 0 saturated heterocycles. The molecule has 2 amide bonds. The number of carbonyl (C=O) groups is 3. The van der Waals surface area contributed by atoms with Crippen molar-refractivity contribution in [1.29, 1.82) is 0 Å². The Morgan fingerprint density at radius 1 is 1.12 bits per heavy atom. The van der Waals surface area contributed by atoms with E-state index in [9.17, 15) is 18.8 Å². The molecule has 170 valence electrons. The lowest BCUT2D eigenvalue weighted by Crippen LogP contribution is -2.13. The Morgan fingerprint density at radius 3 is 2.52 bits per heavy atom. The van der Waals surface area contributed by atoms with E-state index in [1.165, 1.54) is 30.4 Å². The Morgan fingerprint density at radius 2 is 1.85 bits per heavy atom. The zero-order chi connectivity index (χ0) is 24.0. The maximum atomic E-state index is 13.3. The van der Waals surface area contributed by atoms with Crippen molar-refractivity contribution in [3.63, 3.8) is 0 Å². The molecule has 0 fully saturated rings. The van der Waals surface area contributed by atoms with Crippen LogP contribution in [0.3, 0.4) is 0 Å². The first-order valence-corrected chi connectivity index (χ1v) is 11.1. The van der Waals surface area contributed by atoms with E-state index in [0.717, 1.165) is 11.3 Å². The molecule has 0 bridgehead atoms. The number of hydrogen-bond acceptors (Lipinski definition) is 5. The predicted octanol–water partition coefficient (Wildman–Crippen LogP) is 5.93. The smallest absolute Gasteiger partial charge is 0.341 e. The molecule has 1 heterocycles. The second-order valence-corrected chi connectivity index (χ2v) is 8.28. The zero-order valence-corrected chi connectivity index (χ0v) is 19.4. The van der Waals surface area contributed by atoms with Crippen molar-refractivity contribution >= 4 is 57.5 Å². The van der Waals surface area contributed by atoms with Crippen LogP contribution in [0.1, 0.15) is 38.1 Å². The number of amides is 2. The van der Waals surface area contributed by atoms with Gasteiger partial charge in [0.2, 0.25) is 5.91 Å². The highest BCUT2D eigenvalue weighted by molar-refractivity contribution is 7.19. The third-order valence-corrected chi connectivity index (χ3v) is 5.91. The Balaban J connectivity index is 1.86. The summed E-state index contributed by atoms with van der Waals surface area (Å²) in [6, 6.07) is 12.3. The van der Waals surface area contributed by atoms with Crippen molar-refractivity contribution in [3.05, 3.63) is 87.0 Å². The maximum absolute atomic E-state index is 13.3. The van der Waals surface area contributed by atoms with E-state index in [0.29, 0.717) is 21.8 Å². The van der Waals surface area contributed by atoms with Gasteiger partial charge in [-0.3, -0.25) is 9.59 Å². The minimum atomic E-state index is -0.652. The number of ether oxygens (including phenoxy) is 1. The SMILES string of the molecule is CCOC(=O)c1c(NC(=O)/C=C/c2cccc(F)c2)sc(C(=O)Nc2ccc(Cl)cc2)c1C. The molecule has 0 radical (unpaired) electrons. The van der Waals surface area contributed by atoms with Crippen LogP contribution >= 0.6 is 22.9 Å². The average Bonchev–Trinajstić information content (AvgIpc) is 3.10. The van der Waals surface area contributed by atoms with Crippen molar-refractivity contribution in [2.24, 2.45) is 0 Å². The summed E-state index contributed by atoms with van der Waals surface area (Å²) in [5.41, 5.74) is 1.52. The molecule has 0 saturated carbocycles. The molecular formula is C24H20ClFN2O4S. The number of rotatable bonds is 7. The molecular weight excluding hydrogens is 467 g/mol. The van der Waals surface area contributed by atoms with Crippen molar-refractivity contribution in [2.45, 2.75) is 13.8 Å². The first-order valence-electron chi connectivity index (χ1n) is 9.90. The number of anilines is 2. The summed E-state index contributed by atoms with van der Waals surface area (Å²) in [5.74, 6) is -2.06. The Kier molecular flexibility index (Phi) is 7.97. The van der Waals surface area contributed by atoms with Gasteiger partial charge in [0.1, 0.15) is 10.8 Å². The van der Waals surface area contributed by atoms with Gasteiger partial charge in [0.15, 0.2) is 0 Å². The number of thiophene rings is 1. The molecule has 0 atom stereocenters. The standard InChI is InChI=1S/C24H20ClFN2O4S/c1-3-32-24(31)20-14(2)21(22(30)27-18-10-8-16(25)9-11-18)33-23(20)28-19(29)12-7-15-5-4-6-17(26)13-15/h4-13H,3H2,1-2H3,(H,27,30)(H,28,29)/b12-7+. The lowest BCUT2D eigenvalue weighted by Gasteiger charge is -2.06. The number of carbonyl (C=O) groups excluding carboxylic acids is 3. The molecule has 0 aliphatic heterocycles. The van der Waals surface area contributed by atoms with E-state index >= 15 is 0 Å². The molecule has 0 aliphatic rings. The number of hydrogen-bond donors (Lipinski definition) is 2. The molecule has 3 rings (SSSR count). The Labute approximate surface area is 199 Å². The van der Waals surface area contributed by atoms with E-state index in [2.05, 4.69) is 10.6 Å². The fourth-order valence-electron chi connectivity index (χ4n) is 2.92. The highest BCUT2D eigenvalue weighted by Gasteiger charge is 2.26. The van der Waals surface area contributed by atoms with Crippen LogP contribution in [0, 0.1) is 12.7 Å². The van der Waals surface area contributed by atoms with E-state index < -0.39 is 23.6 Å². The minimum absolute atomic E-state index is 0.107. The van der Waals surface area contributed by atoms with Gasteiger partial charge < -0.3 is 15.4 Å². The molecule has 0 spiro atoms. The average molecular weight is 487 g/mol. The van der Waals surface area contributed by atoms with Gasteiger partial charge >= 0.3 is 5.97 Å². The quantitative estimate of drug-likeness (QED) is 0.320. The fourth-order valence-corrected chi connectivity index (χ4v) is 4.14. The van der Waals surface area contributed by atoms with E-state index in [4.69, 9.17) is 16.3 Å². The van der Waals surface area contributed by atoms with Crippen LogP contribution in [0.15, 0.2) is 54.6 Å². The summed E-state index contributed by atoms with van der Waals surface area (Å²) in [6.07, 6.45) is 2.66. The van der Waals surface area contributed by atoms with Gasteiger partial charge in [-0.25, -0.2) is 9.18 Å². The van der Waals surface area contributed by atoms with Crippen LogP contribution in [-0.4, -0.2) is 24.4 Å². The first kappa shape index (κ1) is 24.2. The lowest BCUT2D eigenvalue weighted by atomic mass is 10.1. The Hall–Kier alpha value is -3.49. The molecule has 9 heteroatoms. The summed E-state index contributed by atoms with van der Waals surface area (Å²) in [7, 11) is 0. The van der Waals surface area contributed by atoms with Crippen LogP contribution in [0.5, 0.6) is 0 Å². The van der Waals surface area contributed by atoms with Gasteiger partial charge in [-0.05, 0) is 67.4 Å². The summed E-state index contributed by atoms with van der Waals surface area (Å²) >= 11 is 6.83. The number of benzene rings is 2. The summed E-state index contributed by atoms with van der Waals surface area (Å²) < 4.78 is 18.4. The van der Waals surface area contributed by atoms with Crippen LogP contribution in [0.25, 0.3) is 6.08 Å². The normalized spacial score (nSPS) is 10.8. The molecule has 3 aromatic rings. The monoisotopic (exact) mass is 486 g/mol. The van der Waals surface area contributed by atoms with Crippen molar-refractivity contribution in [3.8, 4) is 0 Å². The van der Waals surface area contributed by atoms with Gasteiger partial charge in [-0.1, -0.05) is 23.7 Å². The van der Waals surface area contributed by atoms with Gasteiger partial charge in [0.25, 0.3) is 5.91 Å². The van der Waals surface area contributed by atoms with E-state index in [-0.39, 0.29) is 22.0 Å². The van der Waals surface area contributed by atoms with Crippen LogP contribution in [0.4, 0.5) is 15.1 Å². The molecule has 6 nitrogen and oxygen atoms in total. The molecule has 0 unspecified atom stereocenters. The van der Waals surface area contributed by atoms with Gasteiger partial charge in [0, 0.05) is 16.8 Å². The predicted molar refractivity (Wildman–Crippen MR) is 128 cm³/mol. The van der Waals surface area contributed by atoms with Crippen molar-refractivity contribution < 1.29 is 23.5 Å². The Bertz CT molecular complexity index is 1220. The number of nitrogens with one attached hydrogen (secondary N) is 2. The summed E-state index contributed by atoms with van der Waals surface area (Å²) in [5, 5.41) is 6.07. The van der Waals surface area contributed by atoms with Crippen LogP contribution < -0.4 is 10.6 Å². The lowest BCUT2D eigenvalue weighted by molar-refractivity contribution is -0.111. The van der Waals surface area contributed by atoms with Gasteiger partial charge in [-0.2, -0.15) is 0 Å². The second kappa shape index (κ2) is 10.9. The fraction of sp³-hybridized carbons (Fsp3) is 0.125. The minimum Gasteiger partial charge on any atom is -0.462 e. The van der Waals surface area contributed by atoms with E-state index in [1.807, 2.05) is 0 Å². The highest BCUT2D eigenvalue weighted by atomic mass is 35.5.